The Balaban J connectivity index is 1.49. The van der Waals surface area contributed by atoms with Gasteiger partial charge in [0.05, 0.1) is 24.9 Å². The lowest BCUT2D eigenvalue weighted by molar-refractivity contribution is -0.143. The number of hydrogen-bond donors (Lipinski definition) is 0. The third-order valence-corrected chi connectivity index (χ3v) is 5.17. The summed E-state index contributed by atoms with van der Waals surface area (Å²) in [7, 11) is 1.83. The van der Waals surface area contributed by atoms with Gasteiger partial charge in [0.2, 0.25) is 0 Å². The van der Waals surface area contributed by atoms with Crippen LogP contribution >= 0.6 is 0 Å². The van der Waals surface area contributed by atoms with Crippen LogP contribution in [0.4, 0.5) is 0 Å². The molecule has 0 N–H and O–H groups in total. The molecule has 2 aliphatic heterocycles. The molecule has 1 aromatic heterocycles. The van der Waals surface area contributed by atoms with Crippen LogP contribution in [0.15, 0.2) is 24.4 Å². The van der Waals surface area contributed by atoms with Gasteiger partial charge >= 0.3 is 0 Å². The first-order chi connectivity index (χ1) is 12.2. The molecule has 0 aromatic carbocycles. The molecule has 6 nitrogen and oxygen atoms in total. The van der Waals surface area contributed by atoms with Crippen molar-refractivity contribution in [2.75, 3.05) is 39.9 Å². The number of aromatic nitrogens is 1. The van der Waals surface area contributed by atoms with E-state index < -0.39 is 0 Å². The molecule has 6 heteroatoms. The van der Waals surface area contributed by atoms with E-state index in [2.05, 4.69) is 9.88 Å². The fourth-order valence-electron chi connectivity index (χ4n) is 3.75. The van der Waals surface area contributed by atoms with Gasteiger partial charge in [-0.25, -0.2) is 0 Å². The Morgan fingerprint density at radius 2 is 2.36 bits per heavy atom. The maximum atomic E-state index is 12.7. The second-order valence-corrected chi connectivity index (χ2v) is 6.96. The van der Waals surface area contributed by atoms with Crippen molar-refractivity contribution < 1.29 is 14.3 Å². The van der Waals surface area contributed by atoms with E-state index in [1.165, 1.54) is 0 Å². The van der Waals surface area contributed by atoms with Gasteiger partial charge in [-0.3, -0.25) is 14.7 Å². The fourth-order valence-corrected chi connectivity index (χ4v) is 3.75. The van der Waals surface area contributed by atoms with E-state index in [9.17, 15) is 4.79 Å². The summed E-state index contributed by atoms with van der Waals surface area (Å²) >= 11 is 0. The molecule has 0 unspecified atom stereocenters. The summed E-state index contributed by atoms with van der Waals surface area (Å²) in [5.74, 6) is 0.571. The third kappa shape index (κ3) is 4.77. The van der Waals surface area contributed by atoms with Crippen LogP contribution in [0.5, 0.6) is 0 Å². The quantitative estimate of drug-likeness (QED) is 0.701. The van der Waals surface area contributed by atoms with Crippen LogP contribution in [0.3, 0.4) is 0 Å². The summed E-state index contributed by atoms with van der Waals surface area (Å²) in [5.41, 5.74) is 0.899. The molecule has 25 heavy (non-hydrogen) atoms. The van der Waals surface area contributed by atoms with E-state index >= 15 is 0 Å². The molecular formula is C19H29N3O3. The highest BCUT2D eigenvalue weighted by Crippen LogP contribution is 2.33. The van der Waals surface area contributed by atoms with E-state index in [1.807, 2.05) is 32.2 Å². The maximum absolute atomic E-state index is 12.7. The van der Waals surface area contributed by atoms with Crippen LogP contribution in [-0.4, -0.2) is 72.8 Å². The molecule has 2 aliphatic rings. The Bertz CT molecular complexity index is 554. The largest absolute Gasteiger partial charge is 0.380 e. The molecule has 138 valence electrons. The van der Waals surface area contributed by atoms with Crippen molar-refractivity contribution in [1.82, 2.24) is 14.8 Å². The Morgan fingerprint density at radius 3 is 3.12 bits per heavy atom. The molecule has 0 aliphatic carbocycles. The second-order valence-electron chi connectivity index (χ2n) is 6.96. The number of hydrogen-bond acceptors (Lipinski definition) is 5. The lowest BCUT2D eigenvalue weighted by Crippen LogP contribution is -2.43. The van der Waals surface area contributed by atoms with Crippen molar-refractivity contribution in [2.45, 2.75) is 38.5 Å². The fraction of sp³-hybridized carbons (Fsp3) is 0.684. The average molecular weight is 347 g/mol. The Hall–Kier alpha value is -1.50. The van der Waals surface area contributed by atoms with Crippen molar-refractivity contribution in [3.8, 4) is 0 Å². The number of rotatable bonds is 7. The molecule has 1 aromatic rings. The second kappa shape index (κ2) is 8.74. The minimum atomic E-state index is -0.310. The average Bonchev–Trinajstić information content (AvgIpc) is 3.05. The predicted molar refractivity (Wildman–Crippen MR) is 95.0 cm³/mol. The number of likely N-dealkylation sites (N-methyl/N-ethyl adjacent to an activating group) is 1. The molecule has 0 bridgehead atoms. The number of fused-ring (bicyclic) bond motifs is 1. The third-order valence-electron chi connectivity index (χ3n) is 5.17. The van der Waals surface area contributed by atoms with Crippen molar-refractivity contribution in [2.24, 2.45) is 5.92 Å². The molecule has 3 heterocycles. The van der Waals surface area contributed by atoms with Crippen LogP contribution in [0.2, 0.25) is 0 Å². The van der Waals surface area contributed by atoms with E-state index in [0.29, 0.717) is 12.5 Å². The first-order valence-electron chi connectivity index (χ1n) is 9.27. The minimum absolute atomic E-state index is 0.0703. The zero-order valence-corrected chi connectivity index (χ0v) is 15.3. The number of ether oxygens (including phenoxy) is 2. The van der Waals surface area contributed by atoms with Gasteiger partial charge in [-0.15, -0.1) is 0 Å². The highest BCUT2D eigenvalue weighted by molar-refractivity contribution is 5.81. The maximum Gasteiger partial charge on any atom is 0.251 e. The monoisotopic (exact) mass is 347 g/mol. The summed E-state index contributed by atoms with van der Waals surface area (Å²) in [6.07, 6.45) is 3.56. The number of likely N-dealkylation sites (tertiary alicyclic amines) is 1. The number of amides is 1. The Labute approximate surface area is 150 Å². The minimum Gasteiger partial charge on any atom is -0.380 e. The molecule has 3 rings (SSSR count). The van der Waals surface area contributed by atoms with Gasteiger partial charge in [0.25, 0.3) is 5.91 Å². The molecule has 0 radical (unpaired) electrons. The molecule has 0 saturated carbocycles. The number of carbonyl (C=O) groups is 1. The van der Waals surface area contributed by atoms with Gasteiger partial charge in [-0.1, -0.05) is 6.07 Å². The number of nitrogens with zero attached hydrogens (tertiary/aromatic N) is 3. The topological polar surface area (TPSA) is 54.9 Å². The van der Waals surface area contributed by atoms with E-state index in [1.54, 1.807) is 11.1 Å². The summed E-state index contributed by atoms with van der Waals surface area (Å²) in [6.45, 7) is 6.99. The number of carbonyl (C=O) groups excluding carboxylic acids is 1. The van der Waals surface area contributed by atoms with Crippen LogP contribution in [0.1, 0.15) is 25.5 Å². The van der Waals surface area contributed by atoms with E-state index in [0.717, 1.165) is 51.4 Å². The van der Waals surface area contributed by atoms with E-state index in [4.69, 9.17) is 9.47 Å². The standard InChI is InChI=1S/C19H29N3O3/c1-3-24-11-10-22-9-7-15-12-17(25-18(15)14-22)19(23)21(2)13-16-6-4-5-8-20-16/h4-6,8,15,17-18H,3,7,9-14H2,1-2H3/t15-,17-,18+/m0/s1. The van der Waals surface area contributed by atoms with Crippen molar-refractivity contribution in [1.29, 1.82) is 0 Å². The zero-order valence-electron chi connectivity index (χ0n) is 15.3. The van der Waals surface area contributed by atoms with Gasteiger partial charge in [-0.2, -0.15) is 0 Å². The Kier molecular flexibility index (Phi) is 6.39. The normalized spacial score (nSPS) is 26.4. The molecule has 2 saturated heterocycles. The predicted octanol–water partition coefficient (Wildman–Crippen LogP) is 1.56. The van der Waals surface area contributed by atoms with Gasteiger partial charge < -0.3 is 14.4 Å². The summed E-state index contributed by atoms with van der Waals surface area (Å²) in [5, 5.41) is 0. The first kappa shape index (κ1) is 18.3. The van der Waals surface area contributed by atoms with Crippen LogP contribution in [-0.2, 0) is 20.8 Å². The van der Waals surface area contributed by atoms with Gasteiger partial charge in [0, 0.05) is 32.9 Å². The lowest BCUT2D eigenvalue weighted by Gasteiger charge is -2.33. The lowest BCUT2D eigenvalue weighted by atomic mass is 9.91. The van der Waals surface area contributed by atoms with Crippen LogP contribution < -0.4 is 0 Å². The summed E-state index contributed by atoms with van der Waals surface area (Å²) in [6, 6.07) is 5.76. The van der Waals surface area contributed by atoms with Crippen LogP contribution in [0.25, 0.3) is 0 Å². The van der Waals surface area contributed by atoms with Gasteiger partial charge in [0.15, 0.2) is 0 Å². The molecular weight excluding hydrogens is 318 g/mol. The highest BCUT2D eigenvalue weighted by Gasteiger charge is 2.42. The van der Waals surface area contributed by atoms with Gasteiger partial charge in [0.1, 0.15) is 6.10 Å². The number of piperidine rings is 1. The summed E-state index contributed by atoms with van der Waals surface area (Å²) in [4.78, 5) is 21.1. The molecule has 0 spiro atoms. The summed E-state index contributed by atoms with van der Waals surface area (Å²) < 4.78 is 11.6. The number of pyridine rings is 1. The van der Waals surface area contributed by atoms with Crippen molar-refractivity contribution >= 4 is 5.91 Å². The first-order valence-corrected chi connectivity index (χ1v) is 9.27. The SMILES string of the molecule is CCOCCN1CC[C@H]2C[C@@H](C(=O)N(C)Cc3ccccn3)O[C@@H]2C1. The highest BCUT2D eigenvalue weighted by atomic mass is 16.5. The smallest absolute Gasteiger partial charge is 0.251 e. The van der Waals surface area contributed by atoms with Gasteiger partial charge in [-0.05, 0) is 44.4 Å². The molecule has 2 fully saturated rings. The zero-order chi connectivity index (χ0) is 17.6. The molecule has 1 amide bonds. The van der Waals surface area contributed by atoms with Crippen LogP contribution in [0, 0.1) is 5.92 Å². The Morgan fingerprint density at radius 1 is 1.48 bits per heavy atom. The van der Waals surface area contributed by atoms with Crippen molar-refractivity contribution in [3.05, 3.63) is 30.1 Å². The van der Waals surface area contributed by atoms with Crippen molar-refractivity contribution in [3.63, 3.8) is 0 Å². The van der Waals surface area contributed by atoms with E-state index in [-0.39, 0.29) is 18.1 Å². The molecule has 3 atom stereocenters.